The summed E-state index contributed by atoms with van der Waals surface area (Å²) < 4.78 is 0. The molecule has 5 heteroatoms. The van der Waals surface area contributed by atoms with E-state index in [0.717, 1.165) is 32.1 Å². The third-order valence-electron chi connectivity index (χ3n) is 3.61. The van der Waals surface area contributed by atoms with E-state index in [1.54, 1.807) is 0 Å². The van der Waals surface area contributed by atoms with Crippen molar-refractivity contribution in [2.45, 2.75) is 85.2 Å². The van der Waals surface area contributed by atoms with Gasteiger partial charge in [0.15, 0.2) is 0 Å². The van der Waals surface area contributed by atoms with Crippen molar-refractivity contribution in [3.05, 3.63) is 0 Å². The number of hydrogen-bond donors (Lipinski definition) is 3. The van der Waals surface area contributed by atoms with Crippen LogP contribution in [-0.4, -0.2) is 29.2 Å². The van der Waals surface area contributed by atoms with E-state index in [2.05, 4.69) is 24.5 Å². The van der Waals surface area contributed by atoms with Crippen LogP contribution in [0.15, 0.2) is 0 Å². The highest BCUT2D eigenvalue weighted by Gasteiger charge is 2.28. The maximum absolute atomic E-state index is 12.1. The van der Waals surface area contributed by atoms with Crippen LogP contribution in [-0.2, 0) is 4.79 Å². The molecule has 124 valence electrons. The first kappa shape index (κ1) is 19.7. The summed E-state index contributed by atoms with van der Waals surface area (Å²) in [5.74, 6) is -0.897. The zero-order valence-electron chi connectivity index (χ0n) is 14.2. The molecule has 0 aliphatic heterocycles. The van der Waals surface area contributed by atoms with E-state index < -0.39 is 5.97 Å². The molecule has 0 saturated carbocycles. The lowest BCUT2D eigenvalue weighted by Crippen LogP contribution is -2.51. The van der Waals surface area contributed by atoms with Gasteiger partial charge in [0.05, 0.1) is 6.42 Å². The molecule has 0 radical (unpaired) electrons. The highest BCUT2D eigenvalue weighted by Crippen LogP contribution is 2.21. The van der Waals surface area contributed by atoms with Gasteiger partial charge in [-0.15, -0.1) is 0 Å². The van der Waals surface area contributed by atoms with Gasteiger partial charge in [-0.2, -0.15) is 0 Å². The SMILES string of the molecule is CCCCC(CCC)NC(=O)NC(CC(=O)O)C(C)(C)C. The minimum atomic E-state index is -0.897. The molecular formula is C16H32N2O3. The first-order valence-electron chi connectivity index (χ1n) is 7.99. The molecule has 0 aromatic heterocycles. The standard InChI is InChI=1S/C16H32N2O3/c1-6-8-10-12(9-7-2)17-15(21)18-13(11-14(19)20)16(3,4)5/h12-13H,6-11H2,1-5H3,(H,19,20)(H2,17,18,21). The fourth-order valence-corrected chi connectivity index (χ4v) is 2.22. The van der Waals surface area contributed by atoms with Gasteiger partial charge < -0.3 is 15.7 Å². The summed E-state index contributed by atoms with van der Waals surface area (Å²) in [6, 6.07) is -0.477. The maximum Gasteiger partial charge on any atom is 0.315 e. The minimum absolute atomic E-state index is 0.0652. The average Bonchev–Trinajstić information content (AvgIpc) is 2.33. The van der Waals surface area contributed by atoms with E-state index in [9.17, 15) is 9.59 Å². The molecule has 0 aliphatic rings. The van der Waals surface area contributed by atoms with Gasteiger partial charge in [-0.3, -0.25) is 4.79 Å². The van der Waals surface area contributed by atoms with Crippen LogP contribution in [0, 0.1) is 5.41 Å². The van der Waals surface area contributed by atoms with Crippen molar-refractivity contribution >= 4 is 12.0 Å². The Morgan fingerprint density at radius 3 is 2.10 bits per heavy atom. The lowest BCUT2D eigenvalue weighted by atomic mass is 9.85. The van der Waals surface area contributed by atoms with Gasteiger partial charge in [-0.1, -0.05) is 53.9 Å². The Morgan fingerprint density at radius 2 is 1.67 bits per heavy atom. The Morgan fingerprint density at radius 1 is 1.05 bits per heavy atom. The van der Waals surface area contributed by atoms with Crippen molar-refractivity contribution in [3.63, 3.8) is 0 Å². The predicted octanol–water partition coefficient (Wildman–Crippen LogP) is 3.53. The minimum Gasteiger partial charge on any atom is -0.481 e. The third-order valence-corrected chi connectivity index (χ3v) is 3.61. The molecule has 0 spiro atoms. The van der Waals surface area contributed by atoms with Crippen LogP contribution >= 0.6 is 0 Å². The van der Waals surface area contributed by atoms with E-state index in [1.165, 1.54) is 0 Å². The van der Waals surface area contributed by atoms with Gasteiger partial charge in [-0.25, -0.2) is 4.79 Å². The number of carboxylic acid groups (broad SMARTS) is 1. The molecule has 0 aliphatic carbocycles. The van der Waals surface area contributed by atoms with E-state index in [1.807, 2.05) is 20.8 Å². The normalized spacial score (nSPS) is 14.3. The van der Waals surface area contributed by atoms with Gasteiger partial charge in [0.1, 0.15) is 0 Å². The number of carbonyl (C=O) groups excluding carboxylic acids is 1. The summed E-state index contributed by atoms with van der Waals surface area (Å²) in [5, 5.41) is 14.8. The van der Waals surface area contributed by atoms with Crippen molar-refractivity contribution in [1.29, 1.82) is 0 Å². The van der Waals surface area contributed by atoms with E-state index in [0.29, 0.717) is 0 Å². The molecule has 21 heavy (non-hydrogen) atoms. The van der Waals surface area contributed by atoms with E-state index in [4.69, 9.17) is 5.11 Å². The van der Waals surface area contributed by atoms with Crippen LogP contribution in [0.1, 0.15) is 73.1 Å². The quantitative estimate of drug-likeness (QED) is 0.609. The number of rotatable bonds is 9. The van der Waals surface area contributed by atoms with Crippen molar-refractivity contribution < 1.29 is 14.7 Å². The summed E-state index contributed by atoms with van der Waals surface area (Å²) in [5.41, 5.74) is -0.292. The fourth-order valence-electron chi connectivity index (χ4n) is 2.22. The second-order valence-corrected chi connectivity index (χ2v) is 6.76. The molecule has 2 amide bonds. The van der Waals surface area contributed by atoms with Crippen LogP contribution in [0.3, 0.4) is 0 Å². The summed E-state index contributed by atoms with van der Waals surface area (Å²) in [6.45, 7) is 10.0. The first-order valence-corrected chi connectivity index (χ1v) is 7.99. The Kier molecular flexibility index (Phi) is 9.06. The lowest BCUT2D eigenvalue weighted by molar-refractivity contribution is -0.138. The number of amides is 2. The Hall–Kier alpha value is -1.26. The van der Waals surface area contributed by atoms with Crippen molar-refractivity contribution in [2.75, 3.05) is 0 Å². The molecule has 0 bridgehead atoms. The molecule has 0 aromatic rings. The number of carbonyl (C=O) groups is 2. The highest BCUT2D eigenvalue weighted by molar-refractivity contribution is 5.76. The molecule has 0 aromatic carbocycles. The second-order valence-electron chi connectivity index (χ2n) is 6.76. The van der Waals surface area contributed by atoms with Crippen LogP contribution in [0.4, 0.5) is 4.79 Å². The first-order chi connectivity index (χ1) is 9.70. The predicted molar refractivity (Wildman–Crippen MR) is 85.4 cm³/mol. The smallest absolute Gasteiger partial charge is 0.315 e. The second kappa shape index (κ2) is 9.64. The van der Waals surface area contributed by atoms with Crippen molar-refractivity contribution in [3.8, 4) is 0 Å². The fraction of sp³-hybridized carbons (Fsp3) is 0.875. The number of nitrogens with one attached hydrogen (secondary N) is 2. The zero-order valence-corrected chi connectivity index (χ0v) is 14.2. The van der Waals surface area contributed by atoms with Gasteiger partial charge >= 0.3 is 12.0 Å². The van der Waals surface area contributed by atoms with E-state index >= 15 is 0 Å². The highest BCUT2D eigenvalue weighted by atomic mass is 16.4. The van der Waals surface area contributed by atoms with Gasteiger partial charge in [0.2, 0.25) is 0 Å². The average molecular weight is 300 g/mol. The molecule has 0 fully saturated rings. The summed E-state index contributed by atoms with van der Waals surface area (Å²) in [7, 11) is 0. The Labute approximate surface area is 128 Å². The molecule has 0 rings (SSSR count). The van der Waals surface area contributed by atoms with Gasteiger partial charge in [0.25, 0.3) is 0 Å². The Bertz CT molecular complexity index is 324. The topological polar surface area (TPSA) is 78.4 Å². The lowest BCUT2D eigenvalue weighted by Gasteiger charge is -2.31. The summed E-state index contributed by atoms with van der Waals surface area (Å²) in [6.07, 6.45) is 5.07. The molecule has 2 unspecified atom stereocenters. The summed E-state index contributed by atoms with van der Waals surface area (Å²) in [4.78, 5) is 23.0. The number of carboxylic acids is 1. The number of unbranched alkanes of at least 4 members (excludes halogenated alkanes) is 1. The Balaban J connectivity index is 4.55. The molecule has 2 atom stereocenters. The van der Waals surface area contributed by atoms with Gasteiger partial charge in [-0.05, 0) is 18.3 Å². The molecule has 0 saturated heterocycles. The van der Waals surface area contributed by atoms with E-state index in [-0.39, 0.29) is 30.0 Å². The molecule has 3 N–H and O–H groups in total. The van der Waals surface area contributed by atoms with Crippen LogP contribution in [0.5, 0.6) is 0 Å². The zero-order chi connectivity index (χ0) is 16.5. The monoisotopic (exact) mass is 300 g/mol. The van der Waals surface area contributed by atoms with Crippen LogP contribution < -0.4 is 10.6 Å². The largest absolute Gasteiger partial charge is 0.481 e. The number of aliphatic carboxylic acids is 1. The number of hydrogen-bond acceptors (Lipinski definition) is 2. The number of urea groups is 1. The molecule has 0 heterocycles. The van der Waals surface area contributed by atoms with Crippen LogP contribution in [0.25, 0.3) is 0 Å². The van der Waals surface area contributed by atoms with Crippen molar-refractivity contribution in [2.24, 2.45) is 5.41 Å². The molecular weight excluding hydrogens is 268 g/mol. The maximum atomic E-state index is 12.1. The molecule has 5 nitrogen and oxygen atoms in total. The van der Waals surface area contributed by atoms with Gasteiger partial charge in [0, 0.05) is 12.1 Å². The summed E-state index contributed by atoms with van der Waals surface area (Å²) >= 11 is 0. The van der Waals surface area contributed by atoms with Crippen molar-refractivity contribution in [1.82, 2.24) is 10.6 Å². The third kappa shape index (κ3) is 9.32. The van der Waals surface area contributed by atoms with Crippen LogP contribution in [0.2, 0.25) is 0 Å².